The number of halogens is 1. The Morgan fingerprint density at radius 1 is 1.26 bits per heavy atom. The van der Waals surface area contributed by atoms with Gasteiger partial charge in [0, 0.05) is 44.0 Å². The molecule has 15 heteroatoms. The maximum absolute atomic E-state index is 13.4. The molecule has 3 aromatic rings. The lowest BCUT2D eigenvalue weighted by molar-refractivity contribution is -0.122. The van der Waals surface area contributed by atoms with Gasteiger partial charge in [0.2, 0.25) is 5.91 Å². The highest BCUT2D eigenvalue weighted by Gasteiger charge is 2.38. The molecule has 38 heavy (non-hydrogen) atoms. The van der Waals surface area contributed by atoms with Gasteiger partial charge < -0.3 is 36.7 Å². The minimum absolute atomic E-state index is 0.149. The lowest BCUT2D eigenvalue weighted by Crippen LogP contribution is -2.46. The van der Waals surface area contributed by atoms with Gasteiger partial charge in [-0.05, 0) is 31.4 Å². The molecule has 4 heterocycles. The first-order chi connectivity index (χ1) is 18.2. The number of nitrogens with zero attached hydrogens (tertiary/aromatic N) is 4. The van der Waals surface area contributed by atoms with Gasteiger partial charge in [0.15, 0.2) is 5.96 Å². The van der Waals surface area contributed by atoms with E-state index >= 15 is 0 Å². The van der Waals surface area contributed by atoms with Crippen molar-refractivity contribution in [2.75, 3.05) is 20.1 Å². The number of likely N-dealkylation sites (tertiary alicyclic amines) is 1. The number of nitrogens with one attached hydrogen (secondary N) is 4. The fourth-order valence-corrected chi connectivity index (χ4v) is 5.38. The van der Waals surface area contributed by atoms with Gasteiger partial charge in [0.25, 0.3) is 11.8 Å². The van der Waals surface area contributed by atoms with E-state index in [9.17, 15) is 14.4 Å². The average Bonchev–Trinajstić information content (AvgIpc) is 3.62. The molecule has 1 fully saturated rings. The molecule has 0 saturated carbocycles. The number of carbonyl (C=O) groups excluding carboxylic acids is 3. The largest absolute Gasteiger partial charge is 0.370 e. The van der Waals surface area contributed by atoms with Crippen LogP contribution in [0.25, 0.3) is 5.65 Å². The topological polar surface area (TPSA) is 197 Å². The minimum atomic E-state index is -0.784. The summed E-state index contributed by atoms with van der Waals surface area (Å²) in [6.45, 7) is 0.719. The lowest BCUT2D eigenvalue weighted by atomic mass is 10.1. The SMILES string of the molecule is CNC(=O)C(CCCNC(=N)N)NC(=O)c1csc([C@@H]2C[C@@H](N)CN2C(=O)c2cn3cc(Cl)ccc3n2)n1. The molecule has 3 aromatic heterocycles. The van der Waals surface area contributed by atoms with Crippen LogP contribution in [0.5, 0.6) is 0 Å². The Bertz CT molecular complexity index is 1360. The van der Waals surface area contributed by atoms with Crippen LogP contribution in [0.4, 0.5) is 0 Å². The van der Waals surface area contributed by atoms with Gasteiger partial charge in [-0.3, -0.25) is 19.8 Å². The fourth-order valence-electron chi connectivity index (χ4n) is 4.29. The number of imidazole rings is 1. The number of guanidine groups is 1. The van der Waals surface area contributed by atoms with Crippen LogP contribution in [-0.2, 0) is 4.79 Å². The second kappa shape index (κ2) is 11.8. The molecule has 202 valence electrons. The summed E-state index contributed by atoms with van der Waals surface area (Å²) >= 11 is 7.30. The average molecular weight is 561 g/mol. The highest BCUT2D eigenvalue weighted by atomic mass is 35.5. The number of pyridine rings is 1. The summed E-state index contributed by atoms with van der Waals surface area (Å²) in [5.74, 6) is -1.30. The Morgan fingerprint density at radius 2 is 2.05 bits per heavy atom. The number of thiazole rings is 1. The Labute approximate surface area is 227 Å². The van der Waals surface area contributed by atoms with E-state index in [-0.39, 0.29) is 35.2 Å². The summed E-state index contributed by atoms with van der Waals surface area (Å²) in [4.78, 5) is 49.1. The zero-order valence-corrected chi connectivity index (χ0v) is 22.2. The smallest absolute Gasteiger partial charge is 0.274 e. The van der Waals surface area contributed by atoms with Crippen LogP contribution in [-0.4, -0.2) is 75.2 Å². The minimum Gasteiger partial charge on any atom is -0.370 e. The third-order valence-corrected chi connectivity index (χ3v) is 7.29. The van der Waals surface area contributed by atoms with Crippen LogP contribution in [0, 0.1) is 5.41 Å². The van der Waals surface area contributed by atoms with Crippen molar-refractivity contribution in [1.82, 2.24) is 35.2 Å². The van der Waals surface area contributed by atoms with Gasteiger partial charge in [0.05, 0.1) is 11.1 Å². The number of carbonyl (C=O) groups is 3. The molecule has 1 aliphatic rings. The molecule has 1 unspecified atom stereocenters. The molecule has 1 aliphatic heterocycles. The molecule has 0 spiro atoms. The molecule has 0 radical (unpaired) electrons. The van der Waals surface area contributed by atoms with Crippen molar-refractivity contribution in [3.63, 3.8) is 0 Å². The standard InChI is InChI=1S/C23H29ClN10O3S/c1-28-19(35)14(3-2-6-29-23(26)27)31-20(36)16-11-38-21(32-16)17-7-13(25)9-34(17)22(37)15-10-33-8-12(24)4-5-18(33)30-15/h4-5,8,10-11,13-14,17H,2-3,6-7,9,25H2,1H3,(H,28,35)(H,31,36)(H4,26,27,29)/t13-,14?,17+/m1/s1. The molecule has 13 nitrogen and oxygen atoms in total. The van der Waals surface area contributed by atoms with Crippen molar-refractivity contribution in [3.8, 4) is 0 Å². The summed E-state index contributed by atoms with van der Waals surface area (Å²) in [6.07, 6.45) is 4.63. The predicted octanol–water partition coefficient (Wildman–Crippen LogP) is 0.466. The van der Waals surface area contributed by atoms with E-state index in [1.807, 2.05) is 0 Å². The monoisotopic (exact) mass is 560 g/mol. The third kappa shape index (κ3) is 6.20. The molecule has 3 atom stereocenters. The molecule has 0 aliphatic carbocycles. The Balaban J connectivity index is 1.46. The van der Waals surface area contributed by atoms with Gasteiger partial charge in [0.1, 0.15) is 28.1 Å². The Morgan fingerprint density at radius 3 is 2.79 bits per heavy atom. The van der Waals surface area contributed by atoms with Crippen molar-refractivity contribution < 1.29 is 14.4 Å². The number of rotatable bonds is 9. The summed E-state index contributed by atoms with van der Waals surface area (Å²) in [5, 5.41) is 17.8. The summed E-state index contributed by atoms with van der Waals surface area (Å²) in [6, 6.07) is 1.98. The number of amides is 3. The molecule has 8 N–H and O–H groups in total. The van der Waals surface area contributed by atoms with Gasteiger partial charge in [-0.15, -0.1) is 11.3 Å². The number of aromatic nitrogens is 3. The Kier molecular flexibility index (Phi) is 8.44. The second-order valence-electron chi connectivity index (χ2n) is 8.90. The number of hydrogen-bond acceptors (Lipinski definition) is 8. The fraction of sp³-hybridized carbons (Fsp3) is 0.391. The number of fused-ring (bicyclic) bond motifs is 1. The molecule has 0 bridgehead atoms. The molecular weight excluding hydrogens is 532 g/mol. The zero-order chi connectivity index (χ0) is 27.4. The summed E-state index contributed by atoms with van der Waals surface area (Å²) in [5.41, 5.74) is 12.5. The van der Waals surface area contributed by atoms with E-state index in [2.05, 4.69) is 25.9 Å². The second-order valence-corrected chi connectivity index (χ2v) is 10.2. The highest BCUT2D eigenvalue weighted by Crippen LogP contribution is 2.34. The van der Waals surface area contributed by atoms with Gasteiger partial charge in [-0.2, -0.15) is 0 Å². The van der Waals surface area contributed by atoms with Gasteiger partial charge in [-0.25, -0.2) is 9.97 Å². The predicted molar refractivity (Wildman–Crippen MR) is 143 cm³/mol. The molecule has 3 amide bonds. The quantitative estimate of drug-likeness (QED) is 0.123. The van der Waals surface area contributed by atoms with Gasteiger partial charge in [-0.1, -0.05) is 11.6 Å². The molecular formula is C23H29ClN10O3S. The number of likely N-dealkylation sites (N-methyl/N-ethyl adjacent to an activating group) is 1. The van der Waals surface area contributed by atoms with Gasteiger partial charge >= 0.3 is 0 Å². The first-order valence-corrected chi connectivity index (χ1v) is 13.2. The van der Waals surface area contributed by atoms with E-state index in [0.717, 1.165) is 0 Å². The first-order valence-electron chi connectivity index (χ1n) is 11.9. The zero-order valence-electron chi connectivity index (χ0n) is 20.6. The molecule has 1 saturated heterocycles. The van der Waals surface area contributed by atoms with Crippen molar-refractivity contribution >= 4 is 52.3 Å². The molecule has 0 aromatic carbocycles. The first kappa shape index (κ1) is 27.3. The van der Waals surface area contributed by atoms with E-state index in [0.29, 0.717) is 48.0 Å². The van der Waals surface area contributed by atoms with Crippen LogP contribution in [0.15, 0.2) is 29.9 Å². The van der Waals surface area contributed by atoms with Crippen LogP contribution in [0.1, 0.15) is 51.3 Å². The number of hydrogen-bond donors (Lipinski definition) is 6. The van der Waals surface area contributed by atoms with E-state index in [1.165, 1.54) is 18.4 Å². The van der Waals surface area contributed by atoms with Crippen LogP contribution >= 0.6 is 22.9 Å². The maximum atomic E-state index is 13.4. The van der Waals surface area contributed by atoms with Crippen LogP contribution in [0.2, 0.25) is 5.02 Å². The molecule has 4 rings (SSSR count). The highest BCUT2D eigenvalue weighted by molar-refractivity contribution is 7.09. The summed E-state index contributed by atoms with van der Waals surface area (Å²) in [7, 11) is 1.49. The van der Waals surface area contributed by atoms with E-state index in [1.54, 1.807) is 39.2 Å². The van der Waals surface area contributed by atoms with Crippen molar-refractivity contribution in [1.29, 1.82) is 5.41 Å². The van der Waals surface area contributed by atoms with Crippen molar-refractivity contribution in [2.24, 2.45) is 11.5 Å². The number of nitrogens with two attached hydrogens (primary N) is 2. The van der Waals surface area contributed by atoms with E-state index in [4.69, 9.17) is 28.5 Å². The summed E-state index contributed by atoms with van der Waals surface area (Å²) < 4.78 is 1.69. The normalized spacial score (nSPS) is 17.8. The van der Waals surface area contributed by atoms with Crippen molar-refractivity contribution in [3.05, 3.63) is 51.3 Å². The third-order valence-electron chi connectivity index (χ3n) is 6.12. The van der Waals surface area contributed by atoms with Crippen molar-refractivity contribution in [2.45, 2.75) is 37.4 Å². The van der Waals surface area contributed by atoms with Crippen LogP contribution in [0.3, 0.4) is 0 Å². The Hall–Kier alpha value is -3.75. The van der Waals surface area contributed by atoms with E-state index < -0.39 is 18.0 Å². The lowest BCUT2D eigenvalue weighted by Gasteiger charge is -2.22. The van der Waals surface area contributed by atoms with Crippen LogP contribution < -0.4 is 27.4 Å². The maximum Gasteiger partial charge on any atom is 0.274 e.